The van der Waals surface area contributed by atoms with Crippen LogP contribution < -0.4 is 16.0 Å². The Morgan fingerprint density at radius 3 is 2.00 bits per heavy atom. The van der Waals surface area contributed by atoms with E-state index in [0.29, 0.717) is 16.9 Å². The van der Waals surface area contributed by atoms with Gasteiger partial charge in [0.2, 0.25) is 0 Å². The summed E-state index contributed by atoms with van der Waals surface area (Å²) in [6.07, 6.45) is 0.976. The Kier molecular flexibility index (Phi) is 7.80. The Morgan fingerprint density at radius 2 is 1.33 bits per heavy atom. The first-order valence-electron chi connectivity index (χ1n) is 9.97. The van der Waals surface area contributed by atoms with Crippen LogP contribution in [0.3, 0.4) is 0 Å². The molecule has 0 atom stereocenters. The minimum atomic E-state index is -0.751. The highest BCUT2D eigenvalue weighted by molar-refractivity contribution is 6.05. The summed E-state index contributed by atoms with van der Waals surface area (Å²) in [5, 5.41) is 8.89. The van der Waals surface area contributed by atoms with E-state index in [1.54, 1.807) is 36.4 Å². The van der Waals surface area contributed by atoms with Crippen LogP contribution in [0, 0.1) is 0 Å². The predicted octanol–water partition coefficient (Wildman–Crippen LogP) is 4.32. The third kappa shape index (κ3) is 6.70. The fourth-order valence-corrected chi connectivity index (χ4v) is 2.85. The molecule has 8 heteroatoms. The number of amides is 1. The molecule has 0 heterocycles. The van der Waals surface area contributed by atoms with Crippen molar-refractivity contribution in [2.75, 3.05) is 30.2 Å². The van der Waals surface area contributed by atoms with E-state index in [2.05, 4.69) is 25.4 Å². The summed E-state index contributed by atoms with van der Waals surface area (Å²) in [5.74, 6) is -1.81. The van der Waals surface area contributed by atoms with Gasteiger partial charge in [-0.3, -0.25) is 4.79 Å². The maximum absolute atomic E-state index is 12.7. The van der Waals surface area contributed by atoms with E-state index in [4.69, 9.17) is 0 Å². The number of ether oxygens (including phenoxy) is 2. The van der Waals surface area contributed by atoms with Gasteiger partial charge in [-0.1, -0.05) is 24.3 Å². The summed E-state index contributed by atoms with van der Waals surface area (Å²) in [6.45, 7) is 0. The molecule has 0 aliphatic heterocycles. The minimum Gasteiger partial charge on any atom is -0.466 e. The Balaban J connectivity index is 1.68. The molecular formula is C25H23N3O5. The first-order chi connectivity index (χ1) is 16.0. The van der Waals surface area contributed by atoms with Crippen LogP contribution in [0.25, 0.3) is 0 Å². The van der Waals surface area contributed by atoms with Crippen LogP contribution in [0.4, 0.5) is 22.7 Å². The zero-order valence-corrected chi connectivity index (χ0v) is 18.1. The van der Waals surface area contributed by atoms with E-state index >= 15 is 0 Å². The van der Waals surface area contributed by atoms with E-state index in [-0.39, 0.29) is 11.6 Å². The topological polar surface area (TPSA) is 106 Å². The molecule has 3 aromatic rings. The van der Waals surface area contributed by atoms with Crippen LogP contribution in [0.15, 0.2) is 90.6 Å². The van der Waals surface area contributed by atoms with Crippen molar-refractivity contribution in [3.8, 4) is 0 Å². The van der Waals surface area contributed by atoms with Crippen LogP contribution in [0.1, 0.15) is 10.4 Å². The van der Waals surface area contributed by atoms with Gasteiger partial charge in [-0.2, -0.15) is 0 Å². The summed E-state index contributed by atoms with van der Waals surface area (Å²) in [4.78, 5) is 36.2. The summed E-state index contributed by atoms with van der Waals surface area (Å²) in [5.41, 5.74) is 3.13. The highest BCUT2D eigenvalue weighted by Crippen LogP contribution is 2.20. The second-order valence-corrected chi connectivity index (χ2v) is 6.80. The third-order valence-electron chi connectivity index (χ3n) is 4.48. The minimum absolute atomic E-state index is 0.122. The van der Waals surface area contributed by atoms with Crippen molar-refractivity contribution in [1.82, 2.24) is 0 Å². The van der Waals surface area contributed by atoms with Crippen molar-refractivity contribution in [3.05, 3.63) is 96.2 Å². The molecule has 3 aromatic carbocycles. The zero-order valence-electron chi connectivity index (χ0n) is 18.1. The Bertz CT molecular complexity index is 1160. The van der Waals surface area contributed by atoms with E-state index in [0.717, 1.165) is 17.5 Å². The van der Waals surface area contributed by atoms with Crippen molar-refractivity contribution < 1.29 is 23.9 Å². The maximum Gasteiger partial charge on any atom is 0.354 e. The smallest absolute Gasteiger partial charge is 0.354 e. The molecule has 1 amide bonds. The van der Waals surface area contributed by atoms with Crippen molar-refractivity contribution >= 4 is 40.6 Å². The number of benzene rings is 3. The Morgan fingerprint density at radius 1 is 0.697 bits per heavy atom. The van der Waals surface area contributed by atoms with Crippen LogP contribution in [0.2, 0.25) is 0 Å². The molecule has 8 nitrogen and oxygen atoms in total. The number of methoxy groups -OCH3 is 2. The molecular weight excluding hydrogens is 422 g/mol. The second kappa shape index (κ2) is 11.1. The number of hydrogen-bond acceptors (Lipinski definition) is 7. The highest BCUT2D eigenvalue weighted by Gasteiger charge is 2.14. The normalized spacial score (nSPS) is 10.7. The van der Waals surface area contributed by atoms with Gasteiger partial charge in [-0.05, 0) is 54.6 Å². The Labute approximate surface area is 191 Å². The standard InChI is InChI=1S/C25H23N3O5/c1-32-23(29)16-22(25(31)33-2)27-21-10-6-7-17(15-21)24(30)28-20-13-11-19(12-14-20)26-18-8-4-3-5-9-18/h3-16,26-27H,1-2H3,(H,28,30)/b22-16+. The fraction of sp³-hybridized carbons (Fsp3) is 0.0800. The maximum atomic E-state index is 12.7. The molecule has 0 bridgehead atoms. The quantitative estimate of drug-likeness (QED) is 0.350. The number of hydrogen-bond donors (Lipinski definition) is 3. The van der Waals surface area contributed by atoms with Gasteiger partial charge in [-0.25, -0.2) is 9.59 Å². The van der Waals surface area contributed by atoms with Gasteiger partial charge >= 0.3 is 11.9 Å². The van der Waals surface area contributed by atoms with Gasteiger partial charge < -0.3 is 25.4 Å². The van der Waals surface area contributed by atoms with Crippen molar-refractivity contribution in [2.24, 2.45) is 0 Å². The molecule has 0 aliphatic rings. The number of rotatable bonds is 8. The van der Waals surface area contributed by atoms with Gasteiger partial charge in [0.15, 0.2) is 0 Å². The average Bonchev–Trinajstić information content (AvgIpc) is 2.85. The molecule has 0 aromatic heterocycles. The van der Waals surface area contributed by atoms with Crippen LogP contribution >= 0.6 is 0 Å². The number of nitrogens with one attached hydrogen (secondary N) is 3. The molecule has 33 heavy (non-hydrogen) atoms. The van der Waals surface area contributed by atoms with Gasteiger partial charge in [0, 0.05) is 28.3 Å². The lowest BCUT2D eigenvalue weighted by atomic mass is 10.1. The van der Waals surface area contributed by atoms with Crippen LogP contribution in [-0.4, -0.2) is 32.1 Å². The lowest BCUT2D eigenvalue weighted by Gasteiger charge is -2.11. The number of anilines is 4. The van der Waals surface area contributed by atoms with E-state index in [1.807, 2.05) is 42.5 Å². The molecule has 0 aliphatic carbocycles. The molecule has 0 radical (unpaired) electrons. The summed E-state index contributed by atoms with van der Waals surface area (Å²) >= 11 is 0. The molecule has 3 rings (SSSR count). The van der Waals surface area contributed by atoms with Crippen LogP contribution in [-0.2, 0) is 19.1 Å². The lowest BCUT2D eigenvalue weighted by Crippen LogP contribution is -2.16. The van der Waals surface area contributed by atoms with Gasteiger partial charge in [0.1, 0.15) is 5.70 Å². The largest absolute Gasteiger partial charge is 0.466 e. The number of carbonyl (C=O) groups is 3. The second-order valence-electron chi connectivity index (χ2n) is 6.80. The fourth-order valence-electron chi connectivity index (χ4n) is 2.85. The Hall–Kier alpha value is -4.59. The molecule has 0 saturated carbocycles. The lowest BCUT2D eigenvalue weighted by molar-refractivity contribution is -0.138. The molecule has 0 unspecified atom stereocenters. The van der Waals surface area contributed by atoms with E-state index in [9.17, 15) is 14.4 Å². The molecule has 0 fully saturated rings. The monoisotopic (exact) mass is 445 g/mol. The summed E-state index contributed by atoms with van der Waals surface area (Å²) < 4.78 is 9.22. The highest BCUT2D eigenvalue weighted by atomic mass is 16.5. The van der Waals surface area contributed by atoms with Crippen molar-refractivity contribution in [1.29, 1.82) is 0 Å². The molecule has 0 spiro atoms. The van der Waals surface area contributed by atoms with Gasteiger partial charge in [-0.15, -0.1) is 0 Å². The number of para-hydroxylation sites is 1. The SMILES string of the molecule is COC(=O)/C=C(/Nc1cccc(C(=O)Nc2ccc(Nc3ccccc3)cc2)c1)C(=O)OC. The third-order valence-corrected chi connectivity index (χ3v) is 4.48. The van der Waals surface area contributed by atoms with E-state index in [1.165, 1.54) is 14.2 Å². The van der Waals surface area contributed by atoms with Gasteiger partial charge in [0.25, 0.3) is 5.91 Å². The number of carbonyl (C=O) groups excluding carboxylic acids is 3. The first kappa shape index (κ1) is 23.1. The van der Waals surface area contributed by atoms with E-state index < -0.39 is 11.9 Å². The van der Waals surface area contributed by atoms with Gasteiger partial charge in [0.05, 0.1) is 20.3 Å². The van der Waals surface area contributed by atoms with Crippen LogP contribution in [0.5, 0.6) is 0 Å². The first-order valence-corrected chi connectivity index (χ1v) is 9.97. The molecule has 168 valence electrons. The summed E-state index contributed by atoms with van der Waals surface area (Å²) in [7, 11) is 2.39. The zero-order chi connectivity index (χ0) is 23.6. The number of esters is 2. The summed E-state index contributed by atoms with van der Waals surface area (Å²) in [6, 6.07) is 23.5. The average molecular weight is 445 g/mol. The predicted molar refractivity (Wildman–Crippen MR) is 126 cm³/mol. The van der Waals surface area contributed by atoms with Crippen molar-refractivity contribution in [2.45, 2.75) is 0 Å². The molecule has 0 saturated heterocycles. The molecule has 3 N–H and O–H groups in total. The van der Waals surface area contributed by atoms with Crippen molar-refractivity contribution in [3.63, 3.8) is 0 Å².